The van der Waals surface area contributed by atoms with E-state index >= 15 is 0 Å². The Morgan fingerprint density at radius 2 is 1.71 bits per heavy atom. The molecule has 2 aromatic rings. The lowest BCUT2D eigenvalue weighted by atomic mass is 10.0. The lowest BCUT2D eigenvalue weighted by Gasteiger charge is -2.18. The number of benzene rings is 2. The van der Waals surface area contributed by atoms with Crippen LogP contribution in [-0.2, 0) is 14.8 Å². The molecule has 6 nitrogen and oxygen atoms in total. The Hall–Kier alpha value is -2.38. The average Bonchev–Trinajstić information content (AvgIpc) is 2.54. The van der Waals surface area contributed by atoms with Crippen LogP contribution < -0.4 is 14.8 Å². The number of hydrogen-bond donors (Lipinski definition) is 2. The van der Waals surface area contributed by atoms with Gasteiger partial charge in [0.15, 0.2) is 0 Å². The van der Waals surface area contributed by atoms with Crippen molar-refractivity contribution in [2.45, 2.75) is 12.5 Å². The van der Waals surface area contributed by atoms with Crippen molar-refractivity contribution in [2.24, 2.45) is 0 Å². The molecule has 1 amide bonds. The molecule has 0 unspecified atom stereocenters. The fourth-order valence-electron chi connectivity index (χ4n) is 2.24. The van der Waals surface area contributed by atoms with E-state index in [1.165, 1.54) is 0 Å². The summed E-state index contributed by atoms with van der Waals surface area (Å²) in [5.74, 6) is 0.378. The zero-order chi connectivity index (χ0) is 17.6. The molecule has 0 aliphatic heterocycles. The van der Waals surface area contributed by atoms with Crippen LogP contribution in [-0.4, -0.2) is 27.7 Å². The lowest BCUT2D eigenvalue weighted by molar-refractivity contribution is -0.116. The summed E-state index contributed by atoms with van der Waals surface area (Å²) in [6.07, 6.45) is 1.05. The maximum absolute atomic E-state index is 12.2. The molecule has 2 rings (SSSR count). The Balaban J connectivity index is 2.14. The van der Waals surface area contributed by atoms with Crippen molar-refractivity contribution >= 4 is 21.6 Å². The second-order valence-corrected chi connectivity index (χ2v) is 7.11. The van der Waals surface area contributed by atoms with Crippen molar-refractivity contribution < 1.29 is 17.9 Å². The third-order valence-corrected chi connectivity index (χ3v) is 4.03. The molecule has 0 aromatic heterocycles. The maximum atomic E-state index is 12.2. The van der Waals surface area contributed by atoms with E-state index in [4.69, 9.17) is 4.74 Å². The molecule has 0 aliphatic rings. The zero-order valence-corrected chi connectivity index (χ0v) is 14.3. The van der Waals surface area contributed by atoms with Gasteiger partial charge in [-0.15, -0.1) is 0 Å². The first-order valence-electron chi connectivity index (χ1n) is 7.33. The Kier molecular flexibility index (Phi) is 5.94. The Labute approximate surface area is 141 Å². The molecule has 128 valence electrons. The maximum Gasteiger partial charge on any atom is 0.226 e. The summed E-state index contributed by atoms with van der Waals surface area (Å²) in [7, 11) is -1.92. The fraction of sp³-hybridized carbons (Fsp3) is 0.235. The Morgan fingerprint density at radius 1 is 1.08 bits per heavy atom. The molecule has 2 aromatic carbocycles. The van der Waals surface area contributed by atoms with Crippen LogP contribution >= 0.6 is 0 Å². The molecule has 0 saturated carbocycles. The highest BCUT2D eigenvalue weighted by Crippen LogP contribution is 2.21. The van der Waals surface area contributed by atoms with Gasteiger partial charge in [-0.25, -0.2) is 13.1 Å². The minimum Gasteiger partial charge on any atom is -0.497 e. The van der Waals surface area contributed by atoms with Gasteiger partial charge in [0.2, 0.25) is 15.9 Å². The van der Waals surface area contributed by atoms with Crippen LogP contribution in [0.2, 0.25) is 0 Å². The van der Waals surface area contributed by atoms with Crippen molar-refractivity contribution in [3.05, 3.63) is 60.2 Å². The molecule has 2 N–H and O–H groups in total. The number of rotatable bonds is 7. The average molecular weight is 348 g/mol. The van der Waals surface area contributed by atoms with Crippen LogP contribution in [0.1, 0.15) is 18.0 Å². The fourth-order valence-corrected chi connectivity index (χ4v) is 2.98. The highest BCUT2D eigenvalue weighted by atomic mass is 32.2. The van der Waals surface area contributed by atoms with Crippen molar-refractivity contribution in [1.29, 1.82) is 0 Å². The summed E-state index contributed by atoms with van der Waals surface area (Å²) in [6, 6.07) is 15.3. The second-order valence-electron chi connectivity index (χ2n) is 5.33. The normalized spacial score (nSPS) is 12.4. The van der Waals surface area contributed by atoms with Crippen LogP contribution in [0.5, 0.6) is 5.75 Å². The van der Waals surface area contributed by atoms with Gasteiger partial charge in [-0.05, 0) is 29.8 Å². The molecular weight excluding hydrogens is 328 g/mol. The summed E-state index contributed by atoms with van der Waals surface area (Å²) >= 11 is 0. The second kappa shape index (κ2) is 7.94. The number of anilines is 1. The smallest absolute Gasteiger partial charge is 0.226 e. The van der Waals surface area contributed by atoms with Crippen LogP contribution in [0.3, 0.4) is 0 Å². The minimum atomic E-state index is -3.47. The number of sulfonamides is 1. The number of nitrogens with one attached hydrogen (secondary N) is 2. The predicted molar refractivity (Wildman–Crippen MR) is 93.4 cm³/mol. The minimum absolute atomic E-state index is 0.0196. The quantitative estimate of drug-likeness (QED) is 0.804. The van der Waals surface area contributed by atoms with E-state index in [2.05, 4.69) is 10.0 Å². The highest BCUT2D eigenvalue weighted by Gasteiger charge is 2.20. The van der Waals surface area contributed by atoms with Gasteiger partial charge in [-0.2, -0.15) is 0 Å². The van der Waals surface area contributed by atoms with Gasteiger partial charge in [0, 0.05) is 12.1 Å². The van der Waals surface area contributed by atoms with E-state index < -0.39 is 16.1 Å². The largest absolute Gasteiger partial charge is 0.497 e. The number of methoxy groups -OCH3 is 1. The van der Waals surface area contributed by atoms with Crippen LogP contribution in [0.4, 0.5) is 5.69 Å². The van der Waals surface area contributed by atoms with E-state index in [-0.39, 0.29) is 12.3 Å². The SMILES string of the molecule is COc1ccc([C@@H](CC(=O)Nc2ccccc2)NS(C)(=O)=O)cc1. The molecule has 0 spiro atoms. The first-order chi connectivity index (χ1) is 11.4. The van der Waals surface area contributed by atoms with Gasteiger partial charge in [-0.1, -0.05) is 30.3 Å². The zero-order valence-electron chi connectivity index (χ0n) is 13.5. The molecule has 7 heteroatoms. The molecule has 0 heterocycles. The van der Waals surface area contributed by atoms with Crippen LogP contribution in [0.25, 0.3) is 0 Å². The monoisotopic (exact) mass is 348 g/mol. The third-order valence-electron chi connectivity index (χ3n) is 3.32. The summed E-state index contributed by atoms with van der Waals surface area (Å²) in [5, 5.41) is 2.75. The van der Waals surface area contributed by atoms with E-state index in [1.807, 2.05) is 18.2 Å². The molecule has 0 bridgehead atoms. The Morgan fingerprint density at radius 3 is 2.25 bits per heavy atom. The standard InChI is InChI=1S/C17H20N2O4S/c1-23-15-10-8-13(9-11-15)16(19-24(2,21)22)12-17(20)18-14-6-4-3-5-7-14/h3-11,16,19H,12H2,1-2H3,(H,18,20)/t16-/m1/s1. The van der Waals surface area contributed by atoms with E-state index in [9.17, 15) is 13.2 Å². The number of hydrogen-bond acceptors (Lipinski definition) is 4. The number of carbonyl (C=O) groups is 1. The number of para-hydroxylation sites is 1. The number of amides is 1. The lowest BCUT2D eigenvalue weighted by Crippen LogP contribution is -2.30. The third kappa shape index (κ3) is 5.68. The van der Waals surface area contributed by atoms with Gasteiger partial charge >= 0.3 is 0 Å². The van der Waals surface area contributed by atoms with E-state index in [0.29, 0.717) is 17.0 Å². The van der Waals surface area contributed by atoms with Crippen LogP contribution in [0.15, 0.2) is 54.6 Å². The first kappa shape index (κ1) is 18.0. The topological polar surface area (TPSA) is 84.5 Å². The van der Waals surface area contributed by atoms with Gasteiger partial charge in [0.1, 0.15) is 5.75 Å². The first-order valence-corrected chi connectivity index (χ1v) is 9.22. The van der Waals surface area contributed by atoms with E-state index in [0.717, 1.165) is 6.26 Å². The molecule has 0 saturated heterocycles. The van der Waals surface area contributed by atoms with Gasteiger partial charge in [0.25, 0.3) is 0 Å². The molecule has 0 aliphatic carbocycles. The number of carbonyl (C=O) groups excluding carboxylic acids is 1. The van der Waals surface area contributed by atoms with Crippen molar-refractivity contribution in [3.8, 4) is 5.75 Å². The van der Waals surface area contributed by atoms with E-state index in [1.54, 1.807) is 43.5 Å². The van der Waals surface area contributed by atoms with Crippen molar-refractivity contribution in [3.63, 3.8) is 0 Å². The van der Waals surface area contributed by atoms with Crippen molar-refractivity contribution in [2.75, 3.05) is 18.7 Å². The predicted octanol–water partition coefficient (Wildman–Crippen LogP) is 2.31. The summed E-state index contributed by atoms with van der Waals surface area (Å²) in [4.78, 5) is 12.2. The van der Waals surface area contributed by atoms with Gasteiger partial charge in [-0.3, -0.25) is 4.79 Å². The number of ether oxygens (including phenoxy) is 1. The molecular formula is C17H20N2O4S. The van der Waals surface area contributed by atoms with Crippen molar-refractivity contribution in [1.82, 2.24) is 4.72 Å². The van der Waals surface area contributed by atoms with Gasteiger partial charge in [0.05, 0.1) is 19.4 Å². The summed E-state index contributed by atoms with van der Waals surface area (Å²) in [6.45, 7) is 0. The summed E-state index contributed by atoms with van der Waals surface area (Å²) < 4.78 is 30.8. The molecule has 24 heavy (non-hydrogen) atoms. The molecule has 1 atom stereocenters. The molecule has 0 radical (unpaired) electrons. The highest BCUT2D eigenvalue weighted by molar-refractivity contribution is 7.88. The molecule has 0 fully saturated rings. The summed E-state index contributed by atoms with van der Waals surface area (Å²) in [5.41, 5.74) is 1.35. The van der Waals surface area contributed by atoms with Gasteiger partial charge < -0.3 is 10.1 Å². The Bertz CT molecular complexity index is 774. The van der Waals surface area contributed by atoms with Crippen LogP contribution in [0, 0.1) is 0 Å².